The highest BCUT2D eigenvalue weighted by atomic mass is 16.7. The first-order chi connectivity index (χ1) is 11.2. The molecule has 1 aromatic carbocycles. The number of ether oxygens (including phenoxy) is 2. The van der Waals surface area contributed by atoms with Gasteiger partial charge in [-0.15, -0.1) is 0 Å². The lowest BCUT2D eigenvalue weighted by molar-refractivity contribution is 0.00578. The summed E-state index contributed by atoms with van der Waals surface area (Å²) in [5, 5.41) is 2.80. The van der Waals surface area contributed by atoms with Crippen molar-refractivity contribution in [3.05, 3.63) is 23.8 Å². The van der Waals surface area contributed by atoms with Gasteiger partial charge in [-0.05, 0) is 45.9 Å². The molecule has 0 bridgehead atoms. The Morgan fingerprint density at radius 3 is 2.33 bits per heavy atom. The summed E-state index contributed by atoms with van der Waals surface area (Å²) in [5.74, 6) is 0.453. The number of amides is 1. The van der Waals surface area contributed by atoms with Crippen LogP contribution in [0.2, 0.25) is 0 Å². The predicted octanol–water partition coefficient (Wildman–Crippen LogP) is 1.37. The van der Waals surface area contributed by atoms with Crippen LogP contribution in [-0.4, -0.2) is 51.6 Å². The maximum atomic E-state index is 12.3. The molecule has 1 aromatic rings. The molecule has 1 aliphatic heterocycles. The van der Waals surface area contributed by atoms with Gasteiger partial charge in [0.25, 0.3) is 5.91 Å². The fraction of sp³-hybridized carbons (Fsp3) is 0.588. The summed E-state index contributed by atoms with van der Waals surface area (Å²) in [5.41, 5.74) is 0.311. The second kappa shape index (κ2) is 7.13. The lowest BCUT2D eigenvalue weighted by Gasteiger charge is -2.32. The van der Waals surface area contributed by atoms with Gasteiger partial charge in [0, 0.05) is 24.7 Å². The zero-order valence-corrected chi connectivity index (χ0v) is 15.3. The van der Waals surface area contributed by atoms with Crippen LogP contribution >= 0.6 is 0 Å². The first-order valence-electron chi connectivity index (χ1n) is 8.02. The molecule has 0 spiro atoms. The quantitative estimate of drug-likeness (QED) is 0.628. The fourth-order valence-corrected chi connectivity index (χ4v) is 2.40. The number of hydrogen-bond donors (Lipinski definition) is 1. The third kappa shape index (κ3) is 3.74. The highest BCUT2D eigenvalue weighted by Crippen LogP contribution is 2.37. The van der Waals surface area contributed by atoms with Crippen molar-refractivity contribution in [1.29, 1.82) is 0 Å². The van der Waals surface area contributed by atoms with E-state index in [9.17, 15) is 4.79 Å². The van der Waals surface area contributed by atoms with E-state index in [1.54, 1.807) is 32.4 Å². The summed E-state index contributed by atoms with van der Waals surface area (Å²) in [7, 11) is 2.59. The fourth-order valence-electron chi connectivity index (χ4n) is 2.40. The number of methoxy groups -OCH3 is 2. The van der Waals surface area contributed by atoms with Crippen molar-refractivity contribution in [3.8, 4) is 5.75 Å². The van der Waals surface area contributed by atoms with E-state index >= 15 is 0 Å². The molecule has 1 fully saturated rings. The van der Waals surface area contributed by atoms with E-state index in [1.165, 1.54) is 0 Å². The van der Waals surface area contributed by atoms with Gasteiger partial charge in [-0.2, -0.15) is 0 Å². The molecule has 1 N–H and O–H groups in total. The summed E-state index contributed by atoms with van der Waals surface area (Å²) in [6.45, 7) is 8.86. The molecule has 0 radical (unpaired) electrons. The normalized spacial score (nSPS) is 18.5. The maximum Gasteiger partial charge on any atom is 0.498 e. The van der Waals surface area contributed by atoms with Crippen molar-refractivity contribution in [3.63, 3.8) is 0 Å². The smallest absolute Gasteiger partial charge is 0.497 e. The minimum Gasteiger partial charge on any atom is -0.497 e. The summed E-state index contributed by atoms with van der Waals surface area (Å²) in [6, 6.07) is 5.23. The highest BCUT2D eigenvalue weighted by Gasteiger charge is 2.52. The second-order valence-corrected chi connectivity index (χ2v) is 6.79. The average molecular weight is 335 g/mol. The molecule has 7 heteroatoms. The zero-order valence-electron chi connectivity index (χ0n) is 15.3. The van der Waals surface area contributed by atoms with E-state index in [1.807, 2.05) is 27.7 Å². The molecule has 24 heavy (non-hydrogen) atoms. The van der Waals surface area contributed by atoms with Crippen molar-refractivity contribution in [2.75, 3.05) is 27.4 Å². The van der Waals surface area contributed by atoms with Gasteiger partial charge in [-0.25, -0.2) is 0 Å². The van der Waals surface area contributed by atoms with Crippen molar-refractivity contribution in [2.45, 2.75) is 38.9 Å². The van der Waals surface area contributed by atoms with Gasteiger partial charge in [0.2, 0.25) is 0 Å². The van der Waals surface area contributed by atoms with Crippen LogP contribution in [0.4, 0.5) is 0 Å². The summed E-state index contributed by atoms with van der Waals surface area (Å²) < 4.78 is 22.5. The molecule has 0 saturated carbocycles. The highest BCUT2D eigenvalue weighted by molar-refractivity contribution is 6.63. The molecule has 0 unspecified atom stereocenters. The maximum absolute atomic E-state index is 12.3. The van der Waals surface area contributed by atoms with Crippen LogP contribution in [0.1, 0.15) is 38.1 Å². The Kier molecular flexibility index (Phi) is 5.57. The van der Waals surface area contributed by atoms with Crippen LogP contribution in [0, 0.1) is 0 Å². The van der Waals surface area contributed by atoms with Gasteiger partial charge < -0.3 is 24.1 Å². The van der Waals surface area contributed by atoms with E-state index in [4.69, 9.17) is 18.8 Å². The topological polar surface area (TPSA) is 66.0 Å². The van der Waals surface area contributed by atoms with Crippen molar-refractivity contribution in [2.24, 2.45) is 0 Å². The number of hydrogen-bond acceptors (Lipinski definition) is 5. The summed E-state index contributed by atoms with van der Waals surface area (Å²) >= 11 is 0. The number of carbonyl (C=O) groups excluding carboxylic acids is 1. The molecule has 2 rings (SSSR count). The van der Waals surface area contributed by atoms with Gasteiger partial charge in [0.15, 0.2) is 0 Å². The predicted molar refractivity (Wildman–Crippen MR) is 92.9 cm³/mol. The summed E-state index contributed by atoms with van der Waals surface area (Å²) in [6.07, 6.45) is 0. The van der Waals surface area contributed by atoms with E-state index in [2.05, 4.69) is 5.32 Å². The van der Waals surface area contributed by atoms with E-state index in [-0.39, 0.29) is 5.91 Å². The van der Waals surface area contributed by atoms with Gasteiger partial charge >= 0.3 is 7.12 Å². The first kappa shape index (κ1) is 18.8. The minimum atomic E-state index is -0.586. The third-order valence-electron chi connectivity index (χ3n) is 4.59. The Bertz CT molecular complexity index is 587. The van der Waals surface area contributed by atoms with Crippen molar-refractivity contribution < 1.29 is 23.6 Å². The number of rotatable bonds is 6. The molecule has 132 valence electrons. The molecule has 1 aliphatic rings. The van der Waals surface area contributed by atoms with Gasteiger partial charge in [0.1, 0.15) is 5.75 Å². The minimum absolute atomic E-state index is 0.174. The zero-order chi connectivity index (χ0) is 18.0. The molecule has 1 amide bonds. The Balaban J connectivity index is 2.26. The van der Waals surface area contributed by atoms with Gasteiger partial charge in [-0.1, -0.05) is 0 Å². The average Bonchev–Trinajstić information content (AvgIpc) is 2.74. The second-order valence-electron chi connectivity index (χ2n) is 6.79. The molecular formula is C17H26BNO5. The van der Waals surface area contributed by atoms with Gasteiger partial charge in [0.05, 0.1) is 24.9 Å². The molecule has 0 aliphatic carbocycles. The van der Waals surface area contributed by atoms with E-state index < -0.39 is 18.3 Å². The number of carbonyl (C=O) groups is 1. The SMILES string of the molecule is COCCNC(=O)c1ccc(OC)c(B2OC(C)(C)C(C)(C)O2)c1. The molecular weight excluding hydrogens is 309 g/mol. The molecule has 0 aromatic heterocycles. The van der Waals surface area contributed by atoms with E-state index in [0.717, 1.165) is 0 Å². The Labute approximate surface area is 143 Å². The van der Waals surface area contributed by atoms with Crippen LogP contribution in [0.15, 0.2) is 18.2 Å². The standard InChI is InChI=1S/C17H26BNO5/c1-16(2)17(3,4)24-18(23-16)13-11-12(7-8-14(13)22-6)15(20)19-9-10-21-5/h7-8,11H,9-10H2,1-6H3,(H,19,20). The molecule has 1 heterocycles. The first-order valence-corrected chi connectivity index (χ1v) is 8.02. The Morgan fingerprint density at radius 1 is 1.17 bits per heavy atom. The van der Waals surface area contributed by atoms with Crippen LogP contribution in [0.3, 0.4) is 0 Å². The lowest BCUT2D eigenvalue weighted by Crippen LogP contribution is -2.41. The molecule has 1 saturated heterocycles. The third-order valence-corrected chi connectivity index (χ3v) is 4.59. The van der Waals surface area contributed by atoms with Crippen molar-refractivity contribution in [1.82, 2.24) is 5.32 Å². The van der Waals surface area contributed by atoms with Crippen LogP contribution in [-0.2, 0) is 14.0 Å². The monoisotopic (exact) mass is 335 g/mol. The number of nitrogens with one attached hydrogen (secondary N) is 1. The van der Waals surface area contributed by atoms with Gasteiger partial charge in [-0.3, -0.25) is 4.79 Å². The van der Waals surface area contributed by atoms with Crippen LogP contribution in [0.25, 0.3) is 0 Å². The Morgan fingerprint density at radius 2 is 1.79 bits per heavy atom. The molecule has 6 nitrogen and oxygen atoms in total. The largest absolute Gasteiger partial charge is 0.498 e. The van der Waals surface area contributed by atoms with E-state index in [0.29, 0.717) is 29.9 Å². The summed E-state index contributed by atoms with van der Waals surface area (Å²) in [4.78, 5) is 12.3. The number of benzene rings is 1. The van der Waals surface area contributed by atoms with Crippen LogP contribution < -0.4 is 15.5 Å². The van der Waals surface area contributed by atoms with Crippen LogP contribution in [0.5, 0.6) is 5.75 Å². The van der Waals surface area contributed by atoms with Crippen molar-refractivity contribution >= 4 is 18.5 Å². The molecule has 0 atom stereocenters. The lowest BCUT2D eigenvalue weighted by atomic mass is 9.77. The Hall–Kier alpha value is -1.57.